The van der Waals surface area contributed by atoms with E-state index in [0.29, 0.717) is 13.1 Å². The Hall–Kier alpha value is -3.17. The van der Waals surface area contributed by atoms with Crippen LogP contribution >= 0.6 is 0 Å². The molecule has 0 N–H and O–H groups in total. The Bertz CT molecular complexity index is 1290. The maximum Gasteiger partial charge on any atom is 0.338 e. The third-order valence-electron chi connectivity index (χ3n) is 6.67. The molecule has 0 aromatic heterocycles. The van der Waals surface area contributed by atoms with Crippen LogP contribution in [0.4, 0.5) is 5.69 Å². The average molecular weight is 499 g/mol. The summed E-state index contributed by atoms with van der Waals surface area (Å²) in [6.07, 6.45) is 3.08. The minimum Gasteiger partial charge on any atom is -0.495 e. The molecule has 1 fully saturated rings. The van der Waals surface area contributed by atoms with Gasteiger partial charge in [-0.1, -0.05) is 32.0 Å². The Morgan fingerprint density at radius 2 is 1.77 bits per heavy atom. The number of anilines is 1. The lowest BCUT2D eigenvalue weighted by Crippen LogP contribution is -2.28. The summed E-state index contributed by atoms with van der Waals surface area (Å²) in [5.74, 6) is -0.987. The van der Waals surface area contributed by atoms with Crippen molar-refractivity contribution in [1.82, 2.24) is 4.31 Å². The van der Waals surface area contributed by atoms with Crippen molar-refractivity contribution in [3.63, 3.8) is 0 Å². The SMILES string of the molecule is COc1ccc(C(=O)OCC(=O)/C=C2/N(C)c3ccccc3C2(C)C)cc1S(=O)(=O)N1CCCC1. The number of carbonyl (C=O) groups is 2. The Kier molecular flexibility index (Phi) is 6.75. The summed E-state index contributed by atoms with van der Waals surface area (Å²) >= 11 is 0. The molecular formula is C26H30N2O6S. The Balaban J connectivity index is 1.50. The second-order valence-electron chi connectivity index (χ2n) is 9.25. The normalized spacial score (nSPS) is 18.5. The van der Waals surface area contributed by atoms with Crippen molar-refractivity contribution in [2.75, 3.05) is 38.8 Å². The largest absolute Gasteiger partial charge is 0.495 e. The summed E-state index contributed by atoms with van der Waals surface area (Å²) in [5, 5.41) is 0. The van der Waals surface area contributed by atoms with E-state index >= 15 is 0 Å². The standard InChI is InChI=1S/C26H30N2O6S/c1-26(2)20-9-5-6-10-21(20)27(3)24(26)16-19(29)17-34-25(30)18-11-12-22(33-4)23(15-18)35(31,32)28-13-7-8-14-28/h5-6,9-12,15-16H,7-8,13-14,17H2,1-4H3/b24-16+. The molecule has 0 atom stereocenters. The van der Waals surface area contributed by atoms with Crippen LogP contribution in [-0.2, 0) is 25.0 Å². The molecule has 0 amide bonds. The van der Waals surface area contributed by atoms with Crippen molar-refractivity contribution < 1.29 is 27.5 Å². The molecule has 0 bridgehead atoms. The first-order valence-corrected chi connectivity index (χ1v) is 12.9. The molecule has 2 heterocycles. The van der Waals surface area contributed by atoms with Gasteiger partial charge in [-0.05, 0) is 42.7 Å². The predicted molar refractivity (Wildman–Crippen MR) is 132 cm³/mol. The van der Waals surface area contributed by atoms with E-state index in [-0.39, 0.29) is 27.4 Å². The van der Waals surface area contributed by atoms with Crippen molar-refractivity contribution in [1.29, 1.82) is 0 Å². The van der Waals surface area contributed by atoms with E-state index < -0.39 is 22.6 Å². The van der Waals surface area contributed by atoms with E-state index in [2.05, 4.69) is 0 Å². The first-order valence-electron chi connectivity index (χ1n) is 11.5. The molecule has 9 heteroatoms. The van der Waals surface area contributed by atoms with Crippen LogP contribution in [0.5, 0.6) is 5.75 Å². The van der Waals surface area contributed by atoms with Crippen LogP contribution in [0.3, 0.4) is 0 Å². The number of ether oxygens (including phenoxy) is 2. The van der Waals surface area contributed by atoms with Crippen molar-refractivity contribution >= 4 is 27.5 Å². The zero-order chi connectivity index (χ0) is 25.4. The minimum atomic E-state index is -3.81. The smallest absolute Gasteiger partial charge is 0.338 e. The maximum absolute atomic E-state index is 13.1. The minimum absolute atomic E-state index is 0.0368. The first-order chi connectivity index (χ1) is 16.6. The molecule has 2 aromatic carbocycles. The van der Waals surface area contributed by atoms with Crippen LogP contribution in [-0.4, -0.2) is 58.3 Å². The fraction of sp³-hybridized carbons (Fsp3) is 0.385. The van der Waals surface area contributed by atoms with Crippen LogP contribution in [0.2, 0.25) is 0 Å². The highest BCUT2D eigenvalue weighted by Crippen LogP contribution is 2.46. The summed E-state index contributed by atoms with van der Waals surface area (Å²) in [4.78, 5) is 27.3. The van der Waals surface area contributed by atoms with Crippen LogP contribution in [0, 0.1) is 0 Å². The summed E-state index contributed by atoms with van der Waals surface area (Å²) in [6.45, 7) is 4.49. The Morgan fingerprint density at radius 3 is 2.43 bits per heavy atom. The predicted octanol–water partition coefficient (Wildman–Crippen LogP) is 3.52. The van der Waals surface area contributed by atoms with Crippen LogP contribution in [0.1, 0.15) is 42.6 Å². The molecule has 0 aliphatic carbocycles. The van der Waals surface area contributed by atoms with Gasteiger partial charge in [0.2, 0.25) is 10.0 Å². The third-order valence-corrected chi connectivity index (χ3v) is 8.59. The number of rotatable bonds is 7. The number of esters is 1. The molecule has 4 rings (SSSR count). The number of para-hydroxylation sites is 1. The van der Waals surface area contributed by atoms with Gasteiger partial charge in [0.15, 0.2) is 12.4 Å². The van der Waals surface area contributed by atoms with E-state index in [1.165, 1.54) is 35.7 Å². The highest BCUT2D eigenvalue weighted by atomic mass is 32.2. The summed E-state index contributed by atoms with van der Waals surface area (Å²) in [5.41, 5.74) is 2.61. The molecule has 0 unspecified atom stereocenters. The van der Waals surface area contributed by atoms with E-state index in [1.807, 2.05) is 50.1 Å². The molecule has 8 nitrogen and oxygen atoms in total. The lowest BCUT2D eigenvalue weighted by molar-refractivity contribution is -0.117. The van der Waals surface area contributed by atoms with Crippen molar-refractivity contribution in [2.24, 2.45) is 0 Å². The zero-order valence-corrected chi connectivity index (χ0v) is 21.2. The molecule has 2 aliphatic heterocycles. The second-order valence-corrected chi connectivity index (χ2v) is 11.2. The maximum atomic E-state index is 13.1. The van der Waals surface area contributed by atoms with Gasteiger partial charge >= 0.3 is 5.97 Å². The lowest BCUT2D eigenvalue weighted by Gasteiger charge is -2.23. The van der Waals surface area contributed by atoms with Gasteiger partial charge in [-0.2, -0.15) is 4.31 Å². The number of methoxy groups -OCH3 is 1. The number of fused-ring (bicyclic) bond motifs is 1. The third kappa shape index (κ3) is 4.58. The van der Waals surface area contributed by atoms with Gasteiger partial charge in [0.05, 0.1) is 12.7 Å². The van der Waals surface area contributed by atoms with E-state index in [0.717, 1.165) is 29.8 Å². The van der Waals surface area contributed by atoms with Crippen LogP contribution in [0.15, 0.2) is 59.1 Å². The van der Waals surface area contributed by atoms with Crippen molar-refractivity contribution in [3.8, 4) is 5.75 Å². The monoisotopic (exact) mass is 498 g/mol. The highest BCUT2D eigenvalue weighted by Gasteiger charge is 2.38. The van der Waals surface area contributed by atoms with E-state index in [9.17, 15) is 18.0 Å². The van der Waals surface area contributed by atoms with Gasteiger partial charge in [0.1, 0.15) is 10.6 Å². The number of nitrogens with zero attached hydrogens (tertiary/aromatic N) is 2. The molecule has 2 aromatic rings. The van der Waals surface area contributed by atoms with Gasteiger partial charge in [0.25, 0.3) is 0 Å². The highest BCUT2D eigenvalue weighted by molar-refractivity contribution is 7.89. The van der Waals surface area contributed by atoms with Gasteiger partial charge in [-0.15, -0.1) is 0 Å². The topological polar surface area (TPSA) is 93.2 Å². The average Bonchev–Trinajstić information content (AvgIpc) is 3.46. The van der Waals surface area contributed by atoms with E-state index in [1.54, 1.807) is 0 Å². The van der Waals surface area contributed by atoms with Crippen LogP contribution in [0.25, 0.3) is 0 Å². The molecular weight excluding hydrogens is 468 g/mol. The molecule has 1 saturated heterocycles. The quantitative estimate of drug-likeness (QED) is 0.426. The van der Waals surface area contributed by atoms with Gasteiger partial charge in [-0.3, -0.25) is 4.79 Å². The number of carbonyl (C=O) groups excluding carboxylic acids is 2. The van der Waals surface area contributed by atoms with Crippen molar-refractivity contribution in [3.05, 3.63) is 65.4 Å². The van der Waals surface area contributed by atoms with Gasteiger partial charge < -0.3 is 14.4 Å². The Labute approximate surface area is 206 Å². The molecule has 0 spiro atoms. The lowest BCUT2D eigenvalue weighted by atomic mass is 9.83. The fourth-order valence-corrected chi connectivity index (χ4v) is 6.44. The van der Waals surface area contributed by atoms with E-state index in [4.69, 9.17) is 9.47 Å². The summed E-state index contributed by atoms with van der Waals surface area (Å²) in [6, 6.07) is 12.1. The number of benzene rings is 2. The number of ketones is 1. The molecule has 186 valence electrons. The summed E-state index contributed by atoms with van der Waals surface area (Å²) < 4.78 is 38.0. The number of allylic oxidation sites excluding steroid dienone is 1. The second kappa shape index (κ2) is 9.47. The van der Waals surface area contributed by atoms with Crippen molar-refractivity contribution in [2.45, 2.75) is 37.0 Å². The van der Waals surface area contributed by atoms with Gasteiger partial charge in [-0.25, -0.2) is 13.2 Å². The summed E-state index contributed by atoms with van der Waals surface area (Å²) in [7, 11) is -0.533. The number of sulfonamides is 1. The Morgan fingerprint density at radius 1 is 1.09 bits per heavy atom. The fourth-order valence-electron chi connectivity index (χ4n) is 4.75. The van der Waals surface area contributed by atoms with Gasteiger partial charge in [0, 0.05) is 43.0 Å². The molecule has 0 saturated carbocycles. The van der Waals surface area contributed by atoms with Crippen LogP contribution < -0.4 is 9.64 Å². The molecule has 35 heavy (non-hydrogen) atoms. The molecule has 0 radical (unpaired) electrons. The number of likely N-dealkylation sites (N-methyl/N-ethyl adjacent to an activating group) is 1. The molecule has 2 aliphatic rings. The zero-order valence-electron chi connectivity index (χ0n) is 20.4. The number of hydrogen-bond acceptors (Lipinski definition) is 7. The first kappa shape index (κ1) is 24.9. The number of hydrogen-bond donors (Lipinski definition) is 0.